The van der Waals surface area contributed by atoms with Crippen LogP contribution in [-0.4, -0.2) is 33.2 Å². The average Bonchev–Trinajstić information content (AvgIpc) is 3.22. The fourth-order valence-corrected chi connectivity index (χ4v) is 3.62. The van der Waals surface area contributed by atoms with Crippen molar-refractivity contribution in [2.45, 2.75) is 44.4 Å². The third-order valence-electron chi connectivity index (χ3n) is 5.32. The van der Waals surface area contributed by atoms with Crippen molar-refractivity contribution in [2.75, 3.05) is 0 Å². The molecule has 0 spiro atoms. The van der Waals surface area contributed by atoms with Crippen LogP contribution in [0.3, 0.4) is 0 Å². The van der Waals surface area contributed by atoms with Gasteiger partial charge in [-0.3, -0.25) is 9.69 Å². The quantitative estimate of drug-likeness (QED) is 0.667. The Labute approximate surface area is 162 Å². The minimum atomic E-state index is -0.628. The van der Waals surface area contributed by atoms with Crippen molar-refractivity contribution < 1.29 is 18.3 Å². The highest BCUT2D eigenvalue weighted by molar-refractivity contribution is 5.64. The van der Waals surface area contributed by atoms with E-state index in [2.05, 4.69) is 4.98 Å². The molecule has 1 aliphatic heterocycles. The molecule has 7 heteroatoms. The molecule has 28 heavy (non-hydrogen) atoms. The van der Waals surface area contributed by atoms with Crippen LogP contribution < -0.4 is 0 Å². The van der Waals surface area contributed by atoms with Crippen molar-refractivity contribution in [2.24, 2.45) is 13.0 Å². The molecular weight excluding hydrogens is 364 g/mol. The molecule has 2 heterocycles. The minimum absolute atomic E-state index is 0.0960. The Morgan fingerprint density at radius 1 is 1.29 bits per heavy atom. The molecule has 2 fully saturated rings. The van der Waals surface area contributed by atoms with Crippen LogP contribution in [0.4, 0.5) is 8.78 Å². The zero-order valence-electron chi connectivity index (χ0n) is 15.7. The summed E-state index contributed by atoms with van der Waals surface area (Å²) in [5.41, 5.74) is 1.21. The molecule has 0 radical (unpaired) electrons. The van der Waals surface area contributed by atoms with E-state index in [-0.39, 0.29) is 17.7 Å². The number of hydrogen-bond acceptors (Lipinski definition) is 3. The van der Waals surface area contributed by atoms with Gasteiger partial charge < -0.3 is 9.30 Å². The maximum Gasteiger partial charge on any atom is 0.215 e. The fourth-order valence-electron chi connectivity index (χ4n) is 3.62. The largest absolute Gasteiger partial charge is 0.355 e. The van der Waals surface area contributed by atoms with Crippen molar-refractivity contribution in [3.8, 4) is 11.3 Å². The van der Waals surface area contributed by atoms with Gasteiger partial charge in [-0.15, -0.1) is 0 Å². The smallest absolute Gasteiger partial charge is 0.215 e. The third-order valence-corrected chi connectivity index (χ3v) is 5.32. The number of hydrogen-bond donors (Lipinski definition) is 0. The molecule has 2 aromatic rings. The van der Waals surface area contributed by atoms with Gasteiger partial charge in [-0.2, -0.15) is 0 Å². The summed E-state index contributed by atoms with van der Waals surface area (Å²) in [7, 11) is 1.67. The van der Waals surface area contributed by atoms with Gasteiger partial charge in [0.15, 0.2) is 11.7 Å². The number of amides is 1. The SMILES string of the molecule is Cn1cc(-c2ccc(F)cc2)nc1/C(F)=C\N(C=O)[C@@H]1CCC(CC2CC2)O1. The van der Waals surface area contributed by atoms with E-state index >= 15 is 0 Å². The maximum atomic E-state index is 14.9. The topological polar surface area (TPSA) is 47.4 Å². The first-order chi connectivity index (χ1) is 13.5. The number of carbonyl (C=O) groups excluding carboxylic acids is 1. The van der Waals surface area contributed by atoms with Gasteiger partial charge >= 0.3 is 0 Å². The van der Waals surface area contributed by atoms with Crippen molar-refractivity contribution >= 4 is 12.2 Å². The van der Waals surface area contributed by atoms with Gasteiger partial charge in [-0.25, -0.2) is 13.8 Å². The monoisotopic (exact) mass is 387 g/mol. The van der Waals surface area contributed by atoms with Crippen LogP contribution in [0.15, 0.2) is 36.7 Å². The number of carbonyl (C=O) groups is 1. The zero-order valence-corrected chi connectivity index (χ0v) is 15.7. The predicted molar refractivity (Wildman–Crippen MR) is 101 cm³/mol. The summed E-state index contributed by atoms with van der Waals surface area (Å²) in [5.74, 6) is -0.127. The number of aryl methyl sites for hydroxylation is 1. The molecule has 1 amide bonds. The van der Waals surface area contributed by atoms with E-state index in [1.54, 1.807) is 29.9 Å². The van der Waals surface area contributed by atoms with Crippen LogP contribution in [0, 0.1) is 11.7 Å². The summed E-state index contributed by atoms with van der Waals surface area (Å²) >= 11 is 0. The van der Waals surface area contributed by atoms with Gasteiger partial charge in [0.2, 0.25) is 6.41 Å². The molecule has 0 N–H and O–H groups in total. The first kappa shape index (κ1) is 18.8. The summed E-state index contributed by atoms with van der Waals surface area (Å²) in [6, 6.07) is 5.85. The van der Waals surface area contributed by atoms with Gasteiger partial charge in [0.1, 0.15) is 12.0 Å². The van der Waals surface area contributed by atoms with Crippen molar-refractivity contribution in [3.63, 3.8) is 0 Å². The summed E-state index contributed by atoms with van der Waals surface area (Å²) in [4.78, 5) is 17.1. The lowest BCUT2D eigenvalue weighted by Crippen LogP contribution is -2.30. The minimum Gasteiger partial charge on any atom is -0.355 e. The Balaban J connectivity index is 1.49. The standard InChI is InChI=1S/C21H23F2N3O2/c1-25-12-19(15-4-6-16(22)7-5-15)24-21(25)18(23)11-26(13-27)20-9-8-17(28-20)10-14-2-3-14/h4-7,11-14,17,20H,2-3,8-10H2,1H3/b18-11+/t17?,20-/m0/s1. The second-order valence-corrected chi connectivity index (χ2v) is 7.57. The molecule has 148 valence electrons. The molecule has 5 nitrogen and oxygen atoms in total. The van der Waals surface area contributed by atoms with Crippen LogP contribution in [0.2, 0.25) is 0 Å². The van der Waals surface area contributed by atoms with Gasteiger partial charge in [0.05, 0.1) is 11.8 Å². The lowest BCUT2D eigenvalue weighted by Gasteiger charge is -2.21. The van der Waals surface area contributed by atoms with E-state index in [0.717, 1.165) is 25.0 Å². The normalized spacial score (nSPS) is 22.5. The molecule has 4 rings (SSSR count). The molecule has 0 bridgehead atoms. The molecular formula is C21H23F2N3O2. The summed E-state index contributed by atoms with van der Waals surface area (Å²) < 4.78 is 35.4. The molecule has 1 aromatic carbocycles. The molecule has 1 saturated carbocycles. The van der Waals surface area contributed by atoms with E-state index < -0.39 is 12.1 Å². The lowest BCUT2D eigenvalue weighted by molar-refractivity contribution is -0.126. The maximum absolute atomic E-state index is 14.9. The highest BCUT2D eigenvalue weighted by Crippen LogP contribution is 2.38. The summed E-state index contributed by atoms with van der Waals surface area (Å²) in [5, 5.41) is 0. The average molecular weight is 387 g/mol. The number of imidazole rings is 1. The molecule has 2 aliphatic rings. The number of nitrogens with zero attached hydrogens (tertiary/aromatic N) is 3. The summed E-state index contributed by atoms with van der Waals surface area (Å²) in [6.45, 7) is 0. The Bertz CT molecular complexity index is 874. The molecule has 1 aliphatic carbocycles. The Hall–Kier alpha value is -2.54. The van der Waals surface area contributed by atoms with Crippen molar-refractivity contribution in [1.82, 2.24) is 14.5 Å². The van der Waals surface area contributed by atoms with Crippen LogP contribution in [-0.2, 0) is 16.6 Å². The highest BCUT2D eigenvalue weighted by atomic mass is 19.1. The van der Waals surface area contributed by atoms with Gasteiger partial charge in [0.25, 0.3) is 0 Å². The van der Waals surface area contributed by atoms with Gasteiger partial charge in [-0.05, 0) is 49.4 Å². The number of halogens is 2. The predicted octanol–water partition coefficient (Wildman–Crippen LogP) is 4.26. The van der Waals surface area contributed by atoms with Crippen LogP contribution in [0.25, 0.3) is 17.1 Å². The lowest BCUT2D eigenvalue weighted by atomic mass is 10.1. The van der Waals surface area contributed by atoms with Crippen LogP contribution in [0.1, 0.15) is 37.9 Å². The number of aromatic nitrogens is 2. The zero-order chi connectivity index (χ0) is 19.7. The Morgan fingerprint density at radius 2 is 2.04 bits per heavy atom. The van der Waals surface area contributed by atoms with E-state index in [0.29, 0.717) is 24.1 Å². The summed E-state index contributed by atoms with van der Waals surface area (Å²) in [6.07, 6.45) is 8.23. The van der Waals surface area contributed by atoms with E-state index in [1.807, 2.05) is 0 Å². The van der Waals surface area contributed by atoms with E-state index in [1.165, 1.54) is 29.9 Å². The number of ether oxygens (including phenoxy) is 1. The van der Waals surface area contributed by atoms with Crippen LogP contribution >= 0.6 is 0 Å². The molecule has 1 aromatic heterocycles. The Morgan fingerprint density at radius 3 is 2.71 bits per heavy atom. The first-order valence-electron chi connectivity index (χ1n) is 9.58. The third kappa shape index (κ3) is 4.14. The van der Waals surface area contributed by atoms with Crippen molar-refractivity contribution in [3.05, 3.63) is 48.3 Å². The van der Waals surface area contributed by atoms with Gasteiger partial charge in [0, 0.05) is 25.0 Å². The Kier molecular flexibility index (Phi) is 5.26. The first-order valence-corrected chi connectivity index (χ1v) is 9.58. The number of rotatable bonds is 7. The second-order valence-electron chi connectivity index (χ2n) is 7.57. The molecule has 2 atom stereocenters. The van der Waals surface area contributed by atoms with Crippen molar-refractivity contribution in [1.29, 1.82) is 0 Å². The fraction of sp³-hybridized carbons (Fsp3) is 0.429. The highest BCUT2D eigenvalue weighted by Gasteiger charge is 2.33. The molecule has 1 saturated heterocycles. The van der Waals surface area contributed by atoms with Gasteiger partial charge in [-0.1, -0.05) is 12.8 Å². The van der Waals surface area contributed by atoms with Crippen LogP contribution in [0.5, 0.6) is 0 Å². The molecule has 1 unspecified atom stereocenters. The second kappa shape index (κ2) is 7.83. The number of benzene rings is 1. The van der Waals surface area contributed by atoms with E-state index in [9.17, 15) is 13.6 Å². The van der Waals surface area contributed by atoms with E-state index in [4.69, 9.17) is 4.74 Å².